The van der Waals surface area contributed by atoms with Crippen molar-refractivity contribution in [2.45, 2.75) is 31.7 Å². The van der Waals surface area contributed by atoms with Crippen LogP contribution in [0.3, 0.4) is 0 Å². The molecule has 18 heavy (non-hydrogen) atoms. The Kier molecular flexibility index (Phi) is 5.41. The molecule has 0 bridgehead atoms. The Labute approximate surface area is 105 Å². The molecule has 1 aliphatic carbocycles. The molecule has 7 heteroatoms. The Hall–Kier alpha value is -1.79. The highest BCUT2D eigenvalue weighted by molar-refractivity contribution is 5.79. The molecule has 0 saturated heterocycles. The van der Waals surface area contributed by atoms with Gasteiger partial charge in [-0.25, -0.2) is 4.79 Å². The largest absolute Gasteiger partial charge is 0.481 e. The molecule has 1 saturated carbocycles. The van der Waals surface area contributed by atoms with E-state index in [-0.39, 0.29) is 24.9 Å². The van der Waals surface area contributed by atoms with Crippen LogP contribution < -0.4 is 16.0 Å². The van der Waals surface area contributed by atoms with Crippen LogP contribution in [0.5, 0.6) is 0 Å². The lowest BCUT2D eigenvalue weighted by atomic mass is 10.0. The summed E-state index contributed by atoms with van der Waals surface area (Å²) in [5.74, 6) is -1.53. The molecule has 0 aliphatic heterocycles. The Morgan fingerprint density at radius 3 is 2.61 bits per heavy atom. The van der Waals surface area contributed by atoms with Gasteiger partial charge in [0.2, 0.25) is 5.91 Å². The summed E-state index contributed by atoms with van der Waals surface area (Å²) in [6.45, 7) is 0.232. The molecule has 102 valence electrons. The molecule has 0 radical (unpaired) electrons. The van der Waals surface area contributed by atoms with Crippen molar-refractivity contribution in [1.29, 1.82) is 0 Å². The number of amides is 3. The molecule has 0 heterocycles. The number of carbonyl (C=O) groups is 3. The van der Waals surface area contributed by atoms with Crippen molar-refractivity contribution >= 4 is 17.9 Å². The highest BCUT2D eigenvalue weighted by atomic mass is 16.4. The number of carboxylic acid groups (broad SMARTS) is 1. The molecule has 0 aromatic carbocycles. The summed E-state index contributed by atoms with van der Waals surface area (Å²) in [6.07, 6.45) is 2.29. The van der Waals surface area contributed by atoms with Gasteiger partial charge in [0.15, 0.2) is 0 Å². The molecule has 2 atom stereocenters. The van der Waals surface area contributed by atoms with Crippen molar-refractivity contribution in [2.24, 2.45) is 5.92 Å². The van der Waals surface area contributed by atoms with E-state index in [0.717, 1.165) is 6.42 Å². The fourth-order valence-corrected chi connectivity index (χ4v) is 2.06. The van der Waals surface area contributed by atoms with Crippen LogP contribution in [0.1, 0.15) is 25.7 Å². The molecular weight excluding hydrogens is 238 g/mol. The number of carboxylic acids is 1. The van der Waals surface area contributed by atoms with E-state index in [1.54, 1.807) is 0 Å². The monoisotopic (exact) mass is 257 g/mol. The smallest absolute Gasteiger partial charge is 0.315 e. The van der Waals surface area contributed by atoms with Gasteiger partial charge < -0.3 is 21.1 Å². The first-order valence-corrected chi connectivity index (χ1v) is 6.02. The lowest BCUT2D eigenvalue weighted by Gasteiger charge is -2.17. The molecule has 1 aliphatic rings. The van der Waals surface area contributed by atoms with E-state index in [2.05, 4.69) is 16.0 Å². The maximum absolute atomic E-state index is 11.5. The summed E-state index contributed by atoms with van der Waals surface area (Å²) >= 11 is 0. The summed E-state index contributed by atoms with van der Waals surface area (Å²) in [7, 11) is 1.53. The van der Waals surface area contributed by atoms with Crippen LogP contribution >= 0.6 is 0 Å². The third-order valence-corrected chi connectivity index (χ3v) is 3.07. The number of urea groups is 1. The van der Waals surface area contributed by atoms with Crippen molar-refractivity contribution in [1.82, 2.24) is 16.0 Å². The van der Waals surface area contributed by atoms with Crippen molar-refractivity contribution < 1.29 is 19.5 Å². The van der Waals surface area contributed by atoms with Gasteiger partial charge in [0.05, 0.1) is 5.92 Å². The van der Waals surface area contributed by atoms with Crippen LogP contribution in [0.15, 0.2) is 0 Å². The number of aliphatic carboxylic acids is 1. The summed E-state index contributed by atoms with van der Waals surface area (Å²) in [4.78, 5) is 33.3. The molecule has 1 fully saturated rings. The minimum Gasteiger partial charge on any atom is -0.481 e. The number of rotatable bonds is 5. The fourth-order valence-electron chi connectivity index (χ4n) is 2.06. The second-order valence-electron chi connectivity index (χ2n) is 4.31. The van der Waals surface area contributed by atoms with E-state index in [1.165, 1.54) is 7.05 Å². The van der Waals surface area contributed by atoms with Gasteiger partial charge in [0.1, 0.15) is 0 Å². The molecule has 3 amide bonds. The zero-order chi connectivity index (χ0) is 13.5. The van der Waals surface area contributed by atoms with Crippen LogP contribution in [0.4, 0.5) is 4.79 Å². The highest BCUT2D eigenvalue weighted by Gasteiger charge is 2.33. The van der Waals surface area contributed by atoms with E-state index in [1.807, 2.05) is 0 Å². The average Bonchev–Trinajstić information content (AvgIpc) is 2.76. The van der Waals surface area contributed by atoms with Gasteiger partial charge in [-0.3, -0.25) is 9.59 Å². The van der Waals surface area contributed by atoms with Crippen LogP contribution in [-0.2, 0) is 9.59 Å². The lowest BCUT2D eigenvalue weighted by molar-refractivity contribution is -0.142. The van der Waals surface area contributed by atoms with Gasteiger partial charge in [-0.2, -0.15) is 0 Å². The molecule has 4 N–H and O–H groups in total. The van der Waals surface area contributed by atoms with Crippen molar-refractivity contribution in [2.75, 3.05) is 13.6 Å². The van der Waals surface area contributed by atoms with Crippen molar-refractivity contribution in [3.05, 3.63) is 0 Å². The molecule has 2 unspecified atom stereocenters. The van der Waals surface area contributed by atoms with Gasteiger partial charge in [0.25, 0.3) is 0 Å². The molecule has 7 nitrogen and oxygen atoms in total. The second-order valence-corrected chi connectivity index (χ2v) is 4.31. The topological polar surface area (TPSA) is 108 Å². The number of carbonyl (C=O) groups excluding carboxylic acids is 2. The van der Waals surface area contributed by atoms with E-state index in [9.17, 15) is 14.4 Å². The summed E-state index contributed by atoms with van der Waals surface area (Å²) in [5, 5.41) is 16.6. The van der Waals surface area contributed by atoms with Crippen molar-refractivity contribution in [3.63, 3.8) is 0 Å². The van der Waals surface area contributed by atoms with Crippen LogP contribution in [0, 0.1) is 5.92 Å². The van der Waals surface area contributed by atoms with E-state index < -0.39 is 17.9 Å². The SMILES string of the molecule is CNC(=O)CCNC(=O)NC1CCCC1C(=O)O. The zero-order valence-electron chi connectivity index (χ0n) is 10.4. The van der Waals surface area contributed by atoms with Gasteiger partial charge in [-0.15, -0.1) is 0 Å². The van der Waals surface area contributed by atoms with E-state index in [4.69, 9.17) is 5.11 Å². The third kappa shape index (κ3) is 4.23. The number of nitrogens with one attached hydrogen (secondary N) is 3. The number of hydrogen-bond acceptors (Lipinski definition) is 3. The third-order valence-electron chi connectivity index (χ3n) is 3.07. The highest BCUT2D eigenvalue weighted by Crippen LogP contribution is 2.25. The lowest BCUT2D eigenvalue weighted by Crippen LogP contribution is -2.46. The Bertz CT molecular complexity index is 332. The minimum atomic E-state index is -0.872. The second kappa shape index (κ2) is 6.83. The van der Waals surface area contributed by atoms with E-state index in [0.29, 0.717) is 12.8 Å². The Balaban J connectivity index is 2.27. The first-order valence-electron chi connectivity index (χ1n) is 6.02. The van der Waals surface area contributed by atoms with Gasteiger partial charge >= 0.3 is 12.0 Å². The maximum Gasteiger partial charge on any atom is 0.315 e. The molecule has 0 spiro atoms. The molecule has 1 rings (SSSR count). The van der Waals surface area contributed by atoms with E-state index >= 15 is 0 Å². The molecule has 0 aromatic rings. The normalized spacial score (nSPS) is 22.3. The minimum absolute atomic E-state index is 0.153. The Morgan fingerprint density at radius 2 is 2.00 bits per heavy atom. The summed E-state index contributed by atoms with van der Waals surface area (Å²) < 4.78 is 0. The molecule has 0 aromatic heterocycles. The predicted octanol–water partition coefficient (Wildman–Crippen LogP) is -0.325. The number of hydrogen-bond donors (Lipinski definition) is 4. The summed E-state index contributed by atoms with van der Waals surface area (Å²) in [6, 6.07) is -0.737. The van der Waals surface area contributed by atoms with Gasteiger partial charge in [0, 0.05) is 26.1 Å². The van der Waals surface area contributed by atoms with Gasteiger partial charge in [-0.1, -0.05) is 6.42 Å². The standard InChI is InChI=1S/C11H19N3O4/c1-12-9(15)5-6-13-11(18)14-8-4-2-3-7(8)10(16)17/h7-8H,2-6H2,1H3,(H,12,15)(H,16,17)(H2,13,14,18). The predicted molar refractivity (Wildman–Crippen MR) is 64.0 cm³/mol. The first kappa shape index (κ1) is 14.3. The maximum atomic E-state index is 11.5. The van der Waals surface area contributed by atoms with Crippen LogP contribution in [0.25, 0.3) is 0 Å². The van der Waals surface area contributed by atoms with Crippen molar-refractivity contribution in [3.8, 4) is 0 Å². The fraction of sp³-hybridized carbons (Fsp3) is 0.727. The average molecular weight is 257 g/mol. The Morgan fingerprint density at radius 1 is 1.28 bits per heavy atom. The van der Waals surface area contributed by atoms with Gasteiger partial charge in [-0.05, 0) is 12.8 Å². The van der Waals surface area contributed by atoms with Crippen LogP contribution in [-0.4, -0.2) is 42.6 Å². The zero-order valence-corrected chi connectivity index (χ0v) is 10.4. The molecular formula is C11H19N3O4. The summed E-state index contributed by atoms with van der Waals surface area (Å²) in [5.41, 5.74) is 0. The first-order chi connectivity index (χ1) is 8.54. The quantitative estimate of drug-likeness (QED) is 0.541. The van der Waals surface area contributed by atoms with Crippen LogP contribution in [0.2, 0.25) is 0 Å².